The smallest absolute Gasteiger partial charge is 0.263 e. The van der Waals surface area contributed by atoms with E-state index in [0.717, 1.165) is 26.7 Å². The number of hydrogen-bond donors (Lipinski definition) is 0. The Morgan fingerprint density at radius 1 is 0.971 bits per heavy atom. The third kappa shape index (κ3) is 4.38. The number of fused-ring (bicyclic) bond motifs is 1. The molecule has 2 aromatic heterocycles. The lowest BCUT2D eigenvalue weighted by Crippen LogP contribution is -2.43. The molecule has 0 unspecified atom stereocenters. The van der Waals surface area contributed by atoms with Gasteiger partial charge < -0.3 is 14.4 Å². The molecule has 1 aliphatic rings. The number of nitrogens with zero attached hydrogens (tertiary/aromatic N) is 3. The minimum absolute atomic E-state index is 0.0226. The Hall–Kier alpha value is -3.38. The minimum Gasteiger partial charge on any atom is -0.341 e. The second-order valence-corrected chi connectivity index (χ2v) is 10.1. The predicted octanol–water partition coefficient (Wildman–Crippen LogP) is 5.51. The lowest BCUT2D eigenvalue weighted by atomic mass is 9.95. The van der Waals surface area contributed by atoms with Gasteiger partial charge in [-0.25, -0.2) is 0 Å². The fourth-order valence-corrected chi connectivity index (χ4v) is 5.93. The Kier molecular flexibility index (Phi) is 6.24. The summed E-state index contributed by atoms with van der Waals surface area (Å²) in [6, 6.07) is 24.5. The van der Waals surface area contributed by atoms with Gasteiger partial charge in [-0.1, -0.05) is 48.5 Å². The van der Waals surface area contributed by atoms with Crippen LogP contribution in [0.4, 0.5) is 0 Å². The number of rotatable bonds is 5. The maximum atomic E-state index is 13.2. The molecule has 2 aromatic carbocycles. The molecule has 1 fully saturated rings. The largest absolute Gasteiger partial charge is 0.341 e. The van der Waals surface area contributed by atoms with Gasteiger partial charge in [0.15, 0.2) is 0 Å². The van der Waals surface area contributed by atoms with Crippen LogP contribution in [0.1, 0.15) is 33.8 Å². The molecule has 174 valence electrons. The summed E-state index contributed by atoms with van der Waals surface area (Å²) < 4.78 is 2.21. The molecule has 0 aliphatic carbocycles. The topological polar surface area (TPSA) is 45.6 Å². The van der Waals surface area contributed by atoms with Crippen molar-refractivity contribution in [2.45, 2.75) is 26.3 Å². The number of amides is 2. The lowest BCUT2D eigenvalue weighted by molar-refractivity contribution is -0.136. The molecule has 5 rings (SSSR count). The molecule has 4 aromatic rings. The number of likely N-dealkylation sites (tertiary alicyclic amines) is 1. The zero-order valence-corrected chi connectivity index (χ0v) is 20.4. The van der Waals surface area contributed by atoms with E-state index in [0.29, 0.717) is 32.5 Å². The van der Waals surface area contributed by atoms with Crippen molar-refractivity contribution < 1.29 is 9.59 Å². The number of carbonyl (C=O) groups excluding carboxylic acids is 2. The van der Waals surface area contributed by atoms with Crippen molar-refractivity contribution in [3.63, 3.8) is 0 Å². The van der Waals surface area contributed by atoms with Crippen molar-refractivity contribution >= 4 is 34.1 Å². The maximum absolute atomic E-state index is 13.2. The Morgan fingerprint density at radius 2 is 1.68 bits per heavy atom. The van der Waals surface area contributed by atoms with Gasteiger partial charge in [-0.2, -0.15) is 0 Å². The van der Waals surface area contributed by atoms with Crippen LogP contribution in [-0.4, -0.2) is 46.3 Å². The number of para-hydroxylation sites is 1. The molecule has 0 saturated carbocycles. The van der Waals surface area contributed by atoms with E-state index in [4.69, 9.17) is 0 Å². The Labute approximate surface area is 204 Å². The quantitative estimate of drug-likeness (QED) is 0.385. The molecule has 6 heteroatoms. The fraction of sp³-hybridized carbons (Fsp3) is 0.286. The summed E-state index contributed by atoms with van der Waals surface area (Å²) in [6.07, 6.45) is 1.42. The van der Waals surface area contributed by atoms with Gasteiger partial charge in [0.05, 0.1) is 10.4 Å². The van der Waals surface area contributed by atoms with Crippen LogP contribution in [0.2, 0.25) is 0 Å². The van der Waals surface area contributed by atoms with Crippen molar-refractivity contribution in [1.82, 2.24) is 14.4 Å². The summed E-state index contributed by atoms with van der Waals surface area (Å²) >= 11 is 1.53. The van der Waals surface area contributed by atoms with E-state index in [9.17, 15) is 9.59 Å². The van der Waals surface area contributed by atoms with Gasteiger partial charge in [-0.15, -0.1) is 11.3 Å². The highest BCUT2D eigenvalue weighted by molar-refractivity contribution is 7.16. The van der Waals surface area contributed by atoms with E-state index >= 15 is 0 Å². The van der Waals surface area contributed by atoms with Crippen LogP contribution in [0, 0.1) is 12.8 Å². The molecule has 0 atom stereocenters. The number of aromatic nitrogens is 1. The van der Waals surface area contributed by atoms with Crippen LogP contribution in [0.25, 0.3) is 15.9 Å². The third-order valence-corrected chi connectivity index (χ3v) is 7.75. The number of carbonyl (C=O) groups is 2. The number of aryl methyl sites for hydroxylation is 1. The summed E-state index contributed by atoms with van der Waals surface area (Å²) in [5.41, 5.74) is 3.44. The first-order valence-electron chi connectivity index (χ1n) is 11.8. The monoisotopic (exact) mass is 471 g/mol. The summed E-state index contributed by atoms with van der Waals surface area (Å²) in [4.78, 5) is 30.6. The van der Waals surface area contributed by atoms with E-state index in [2.05, 4.69) is 29.7 Å². The van der Waals surface area contributed by atoms with Gasteiger partial charge in [0.2, 0.25) is 5.91 Å². The summed E-state index contributed by atoms with van der Waals surface area (Å²) in [5.74, 6) is 0.212. The molecule has 34 heavy (non-hydrogen) atoms. The average Bonchev–Trinajstić information content (AvgIpc) is 3.47. The van der Waals surface area contributed by atoms with Crippen molar-refractivity contribution in [3.05, 3.63) is 88.9 Å². The van der Waals surface area contributed by atoms with Gasteiger partial charge in [0.1, 0.15) is 5.00 Å². The van der Waals surface area contributed by atoms with E-state index in [1.807, 2.05) is 71.4 Å². The lowest BCUT2D eigenvalue weighted by Gasteiger charge is -2.33. The summed E-state index contributed by atoms with van der Waals surface area (Å²) in [5, 5.41) is 2.25. The summed E-state index contributed by atoms with van der Waals surface area (Å²) in [6.45, 7) is 3.95. The van der Waals surface area contributed by atoms with Gasteiger partial charge in [-0.05, 0) is 49.6 Å². The normalized spacial score (nSPS) is 14.5. The summed E-state index contributed by atoms with van der Waals surface area (Å²) in [7, 11) is 1.87. The van der Waals surface area contributed by atoms with Gasteiger partial charge in [-0.3, -0.25) is 9.59 Å². The first-order chi connectivity index (χ1) is 16.5. The van der Waals surface area contributed by atoms with E-state index < -0.39 is 0 Å². The Balaban J connectivity index is 1.22. The molecular weight excluding hydrogens is 442 g/mol. The number of thiophene rings is 1. The van der Waals surface area contributed by atoms with Crippen LogP contribution in [0.3, 0.4) is 0 Å². The van der Waals surface area contributed by atoms with Gasteiger partial charge >= 0.3 is 0 Å². The average molecular weight is 472 g/mol. The standard InChI is InChI=1S/C28H29N3O2S/c1-20-18-23-10-6-7-11-24(23)31(20)26-13-12-25(34-26)28(33)30-16-14-22(15-17-30)27(32)29(2)19-21-8-4-3-5-9-21/h3-13,18,22H,14-17,19H2,1-2H3. The number of hydrogen-bond acceptors (Lipinski definition) is 3. The van der Waals surface area contributed by atoms with Crippen LogP contribution < -0.4 is 0 Å². The molecule has 2 amide bonds. The molecule has 5 nitrogen and oxygen atoms in total. The number of benzene rings is 2. The Bertz CT molecular complexity index is 1320. The molecule has 1 aliphatic heterocycles. The van der Waals surface area contributed by atoms with Gasteiger partial charge in [0.25, 0.3) is 5.91 Å². The molecule has 0 N–H and O–H groups in total. The second-order valence-electron chi connectivity index (χ2n) is 9.06. The Morgan fingerprint density at radius 3 is 2.44 bits per heavy atom. The molecular formula is C28H29N3O2S. The first kappa shape index (κ1) is 22.4. The molecule has 1 saturated heterocycles. The zero-order valence-electron chi connectivity index (χ0n) is 19.6. The van der Waals surface area contributed by atoms with Crippen molar-refractivity contribution in [2.75, 3.05) is 20.1 Å². The fourth-order valence-electron chi connectivity index (χ4n) is 4.88. The first-order valence-corrected chi connectivity index (χ1v) is 12.6. The number of piperidine rings is 1. The third-order valence-electron chi connectivity index (χ3n) is 6.69. The zero-order chi connectivity index (χ0) is 23.7. The van der Waals surface area contributed by atoms with Crippen LogP contribution >= 0.6 is 11.3 Å². The predicted molar refractivity (Wildman–Crippen MR) is 137 cm³/mol. The SMILES string of the molecule is Cc1cc2ccccc2n1-c1ccc(C(=O)N2CCC(C(=O)N(C)Cc3ccccc3)CC2)s1. The second kappa shape index (κ2) is 9.47. The maximum Gasteiger partial charge on any atom is 0.263 e. The van der Waals surface area contributed by atoms with Crippen molar-refractivity contribution in [1.29, 1.82) is 0 Å². The van der Waals surface area contributed by atoms with E-state index in [1.54, 1.807) is 0 Å². The molecule has 3 heterocycles. The van der Waals surface area contributed by atoms with Crippen LogP contribution in [0.15, 0.2) is 72.8 Å². The highest BCUT2D eigenvalue weighted by atomic mass is 32.1. The molecule has 0 radical (unpaired) electrons. The van der Waals surface area contributed by atoms with Crippen molar-refractivity contribution in [3.8, 4) is 5.00 Å². The highest BCUT2D eigenvalue weighted by Gasteiger charge is 2.30. The van der Waals surface area contributed by atoms with Crippen LogP contribution in [0.5, 0.6) is 0 Å². The van der Waals surface area contributed by atoms with E-state index in [-0.39, 0.29) is 17.7 Å². The van der Waals surface area contributed by atoms with Gasteiger partial charge in [0, 0.05) is 43.7 Å². The molecule has 0 bridgehead atoms. The van der Waals surface area contributed by atoms with E-state index in [1.165, 1.54) is 16.7 Å². The highest BCUT2D eigenvalue weighted by Crippen LogP contribution is 2.30. The van der Waals surface area contributed by atoms with Crippen LogP contribution in [-0.2, 0) is 11.3 Å². The molecule has 0 spiro atoms. The minimum atomic E-state index is -0.0226. The van der Waals surface area contributed by atoms with Crippen molar-refractivity contribution in [2.24, 2.45) is 5.92 Å².